The summed E-state index contributed by atoms with van der Waals surface area (Å²) in [6.07, 6.45) is 12.6. The second-order valence-corrected chi connectivity index (χ2v) is 9.20. The zero-order valence-corrected chi connectivity index (χ0v) is 12.5. The van der Waals surface area contributed by atoms with Crippen molar-refractivity contribution < 1.29 is 0 Å². The lowest BCUT2D eigenvalue weighted by Gasteiger charge is -2.57. The van der Waals surface area contributed by atoms with Gasteiger partial charge in [-0.2, -0.15) is 0 Å². The maximum absolute atomic E-state index is 2.34. The van der Waals surface area contributed by atoms with Gasteiger partial charge in [-0.15, -0.1) is 8.58 Å². The Morgan fingerprint density at radius 3 is 2.00 bits per heavy atom. The molecule has 4 rings (SSSR count). The first-order chi connectivity index (χ1) is 8.15. The second-order valence-electron chi connectivity index (χ2n) is 7.28. The third-order valence-corrected chi connectivity index (χ3v) is 7.29. The van der Waals surface area contributed by atoms with Crippen molar-refractivity contribution in [2.45, 2.75) is 50.1 Å². The van der Waals surface area contributed by atoms with Crippen molar-refractivity contribution in [1.82, 2.24) is 4.90 Å². The molecule has 1 nitrogen and oxygen atoms in total. The van der Waals surface area contributed by atoms with Gasteiger partial charge in [0.1, 0.15) is 0 Å². The molecule has 4 aliphatic rings. The summed E-state index contributed by atoms with van der Waals surface area (Å²) < 4.78 is 0. The fourth-order valence-corrected chi connectivity index (χ4v) is 7.24. The van der Waals surface area contributed by atoms with Crippen molar-refractivity contribution in [2.75, 3.05) is 26.8 Å². The van der Waals surface area contributed by atoms with Crippen LogP contribution in [0.25, 0.3) is 0 Å². The van der Waals surface area contributed by atoms with E-state index in [2.05, 4.69) is 19.0 Å². The summed E-state index contributed by atoms with van der Waals surface area (Å²) in [4.78, 5) is 2.34. The average molecular weight is 253 g/mol. The van der Waals surface area contributed by atoms with E-state index in [1.54, 1.807) is 38.5 Å². The van der Waals surface area contributed by atoms with Crippen LogP contribution in [0, 0.1) is 17.8 Å². The zero-order chi connectivity index (χ0) is 11.9. The molecule has 17 heavy (non-hydrogen) atoms. The monoisotopic (exact) mass is 253 g/mol. The molecule has 0 aliphatic heterocycles. The van der Waals surface area contributed by atoms with Gasteiger partial charge < -0.3 is 4.90 Å². The second kappa shape index (κ2) is 4.82. The molecule has 0 heterocycles. The van der Waals surface area contributed by atoms with Crippen LogP contribution in [0.5, 0.6) is 0 Å². The molecule has 4 bridgehead atoms. The first kappa shape index (κ1) is 12.4. The number of rotatable bonds is 5. The summed E-state index contributed by atoms with van der Waals surface area (Å²) in [5, 5.41) is 0.848. The summed E-state index contributed by atoms with van der Waals surface area (Å²) in [5.41, 5.74) is 0. The highest BCUT2D eigenvalue weighted by Gasteiger charge is 2.50. The van der Waals surface area contributed by atoms with Crippen molar-refractivity contribution in [3.63, 3.8) is 0 Å². The predicted molar refractivity (Wildman–Crippen MR) is 77.3 cm³/mol. The lowest BCUT2D eigenvalue weighted by atomic mass is 9.56. The Morgan fingerprint density at radius 1 is 1.00 bits per heavy atom. The van der Waals surface area contributed by atoms with Crippen LogP contribution < -0.4 is 0 Å². The maximum Gasteiger partial charge on any atom is -0.00216 e. The Kier molecular flexibility index (Phi) is 3.52. The highest BCUT2D eigenvalue weighted by Crippen LogP contribution is 2.62. The van der Waals surface area contributed by atoms with E-state index in [1.165, 1.54) is 27.7 Å². The minimum atomic E-state index is 0.848. The van der Waals surface area contributed by atoms with E-state index in [1.807, 2.05) is 0 Å². The van der Waals surface area contributed by atoms with E-state index in [0.29, 0.717) is 0 Å². The standard InChI is InChI=1S/C15H28NP/c1-16(2)4-3-5-17-15-9-12-6-13(10-15)8-14(7-12)11-15/h12-14,17H,3-11H2,1-2H3. The Labute approximate surface area is 109 Å². The van der Waals surface area contributed by atoms with Crippen LogP contribution in [0.2, 0.25) is 0 Å². The van der Waals surface area contributed by atoms with Crippen LogP contribution in [-0.2, 0) is 0 Å². The lowest BCUT2D eigenvalue weighted by Crippen LogP contribution is -2.48. The van der Waals surface area contributed by atoms with Crippen molar-refractivity contribution in [2.24, 2.45) is 17.8 Å². The van der Waals surface area contributed by atoms with Crippen LogP contribution in [-0.4, -0.2) is 36.9 Å². The summed E-state index contributed by atoms with van der Waals surface area (Å²) in [5.74, 6) is 3.42. The van der Waals surface area contributed by atoms with Crippen molar-refractivity contribution in [3.8, 4) is 0 Å². The summed E-state index contributed by atoms with van der Waals surface area (Å²) in [7, 11) is 5.68. The molecule has 0 saturated heterocycles. The fraction of sp³-hybridized carbons (Fsp3) is 1.00. The molecule has 1 unspecified atom stereocenters. The van der Waals surface area contributed by atoms with Gasteiger partial charge >= 0.3 is 0 Å². The molecule has 0 radical (unpaired) electrons. The largest absolute Gasteiger partial charge is 0.309 e. The smallest absolute Gasteiger partial charge is 0.00216 e. The zero-order valence-electron chi connectivity index (χ0n) is 11.5. The van der Waals surface area contributed by atoms with Gasteiger partial charge in [0.25, 0.3) is 0 Å². The van der Waals surface area contributed by atoms with E-state index in [4.69, 9.17) is 0 Å². The molecule has 4 aliphatic carbocycles. The third-order valence-electron chi connectivity index (χ3n) is 5.32. The van der Waals surface area contributed by atoms with Crippen molar-refractivity contribution in [1.29, 1.82) is 0 Å². The summed E-state index contributed by atoms with van der Waals surface area (Å²) >= 11 is 0. The molecular formula is C15H28NP. The molecule has 1 atom stereocenters. The number of hydrogen-bond acceptors (Lipinski definition) is 1. The molecule has 0 spiro atoms. The summed E-state index contributed by atoms with van der Waals surface area (Å²) in [6.45, 7) is 1.29. The van der Waals surface area contributed by atoms with E-state index in [9.17, 15) is 0 Å². The SMILES string of the molecule is CN(C)CCCPC12CC3CC(CC(C3)C1)C2. The van der Waals surface area contributed by atoms with Crippen molar-refractivity contribution in [3.05, 3.63) is 0 Å². The topological polar surface area (TPSA) is 3.24 Å². The molecule has 98 valence electrons. The quantitative estimate of drug-likeness (QED) is 0.534. The molecule has 0 amide bonds. The fourth-order valence-electron chi connectivity index (χ4n) is 5.08. The van der Waals surface area contributed by atoms with Gasteiger partial charge in [-0.25, -0.2) is 0 Å². The van der Waals surface area contributed by atoms with Crippen LogP contribution >= 0.6 is 8.58 Å². The predicted octanol–water partition coefficient (Wildman–Crippen LogP) is 3.59. The van der Waals surface area contributed by atoms with Gasteiger partial charge in [0.05, 0.1) is 0 Å². The van der Waals surface area contributed by atoms with Gasteiger partial charge in [-0.1, -0.05) is 0 Å². The van der Waals surface area contributed by atoms with E-state index >= 15 is 0 Å². The average Bonchev–Trinajstić information content (AvgIpc) is 2.22. The van der Waals surface area contributed by atoms with E-state index < -0.39 is 0 Å². The lowest BCUT2D eigenvalue weighted by molar-refractivity contribution is 0.0367. The Morgan fingerprint density at radius 2 is 1.53 bits per heavy atom. The molecule has 0 aromatic rings. The Bertz CT molecular complexity index is 239. The minimum absolute atomic E-state index is 0.848. The normalized spacial score (nSPS) is 44.3. The molecule has 4 fully saturated rings. The summed E-state index contributed by atoms with van der Waals surface area (Å²) in [6, 6.07) is 0. The minimum Gasteiger partial charge on any atom is -0.309 e. The first-order valence-electron chi connectivity index (χ1n) is 7.55. The molecule has 0 aromatic heterocycles. The third kappa shape index (κ3) is 2.71. The Balaban J connectivity index is 1.52. The first-order valence-corrected chi connectivity index (χ1v) is 8.76. The van der Waals surface area contributed by atoms with Crippen LogP contribution in [0.4, 0.5) is 0 Å². The van der Waals surface area contributed by atoms with Gasteiger partial charge in [-0.05, 0) is 94.7 Å². The van der Waals surface area contributed by atoms with E-state index in [0.717, 1.165) is 22.9 Å². The van der Waals surface area contributed by atoms with E-state index in [-0.39, 0.29) is 0 Å². The molecule has 0 aromatic carbocycles. The van der Waals surface area contributed by atoms with Gasteiger partial charge in [0, 0.05) is 0 Å². The van der Waals surface area contributed by atoms with Gasteiger partial charge in [0.2, 0.25) is 0 Å². The molecule has 4 saturated carbocycles. The Hall–Kier alpha value is 0.390. The van der Waals surface area contributed by atoms with Gasteiger partial charge in [-0.3, -0.25) is 0 Å². The highest BCUT2D eigenvalue weighted by atomic mass is 31.1. The van der Waals surface area contributed by atoms with Crippen LogP contribution in [0.1, 0.15) is 44.9 Å². The number of nitrogens with zero attached hydrogens (tertiary/aromatic N) is 1. The molecule has 2 heteroatoms. The number of hydrogen-bond donors (Lipinski definition) is 0. The molecular weight excluding hydrogens is 225 g/mol. The maximum atomic E-state index is 2.34. The highest BCUT2D eigenvalue weighted by molar-refractivity contribution is 7.40. The van der Waals surface area contributed by atoms with Crippen LogP contribution in [0.15, 0.2) is 0 Å². The van der Waals surface area contributed by atoms with Crippen LogP contribution in [0.3, 0.4) is 0 Å². The molecule has 0 N–H and O–H groups in total. The van der Waals surface area contributed by atoms with Gasteiger partial charge in [0.15, 0.2) is 0 Å². The van der Waals surface area contributed by atoms with Crippen molar-refractivity contribution >= 4 is 8.58 Å².